The smallest absolute Gasteiger partial charge is 0.419 e. The first kappa shape index (κ1) is 21.9. The van der Waals surface area contributed by atoms with Crippen LogP contribution in [0, 0.1) is 10.1 Å². The summed E-state index contributed by atoms with van der Waals surface area (Å²) in [5.41, 5.74) is 1.10. The SMILES string of the molecule is CN(Cc1ccc(OC(F)F)cc1)C(=O)CCCn1c(=O)oc2cc([N+](=O)[O-])ccc21. The Morgan fingerprint density at radius 2 is 1.97 bits per heavy atom. The van der Waals surface area contributed by atoms with E-state index in [1.165, 1.54) is 39.8 Å². The summed E-state index contributed by atoms with van der Waals surface area (Å²) in [6.07, 6.45) is 0.519. The van der Waals surface area contributed by atoms with Crippen molar-refractivity contribution in [2.24, 2.45) is 0 Å². The van der Waals surface area contributed by atoms with E-state index >= 15 is 0 Å². The molecule has 0 N–H and O–H groups in total. The standard InChI is InChI=1S/C20H19F2N3O6/c1-23(12-13-4-7-15(8-5-13)30-19(21)22)18(26)3-2-10-24-16-9-6-14(25(28)29)11-17(16)31-20(24)27/h4-9,11,19H,2-3,10,12H2,1H3. The zero-order valence-corrected chi connectivity index (χ0v) is 16.5. The van der Waals surface area contributed by atoms with E-state index in [0.29, 0.717) is 11.9 Å². The summed E-state index contributed by atoms with van der Waals surface area (Å²) in [4.78, 5) is 36.2. The monoisotopic (exact) mass is 435 g/mol. The van der Waals surface area contributed by atoms with Gasteiger partial charge in [-0.05, 0) is 30.2 Å². The Hall–Kier alpha value is -3.76. The molecule has 0 aliphatic heterocycles. The van der Waals surface area contributed by atoms with Gasteiger partial charge in [0.05, 0.1) is 16.5 Å². The molecule has 0 unspecified atom stereocenters. The first-order chi connectivity index (χ1) is 14.7. The molecular weight excluding hydrogens is 416 g/mol. The number of carbonyl (C=O) groups is 1. The zero-order valence-electron chi connectivity index (χ0n) is 16.5. The number of benzene rings is 2. The maximum Gasteiger partial charge on any atom is 0.419 e. The van der Waals surface area contributed by atoms with Gasteiger partial charge < -0.3 is 14.1 Å². The molecule has 2 aromatic carbocycles. The van der Waals surface area contributed by atoms with Crippen molar-refractivity contribution in [3.05, 3.63) is 68.7 Å². The van der Waals surface area contributed by atoms with Crippen LogP contribution in [-0.4, -0.2) is 34.0 Å². The fraction of sp³-hybridized carbons (Fsp3) is 0.300. The summed E-state index contributed by atoms with van der Waals surface area (Å²) < 4.78 is 35.0. The number of aromatic nitrogens is 1. The van der Waals surface area contributed by atoms with Gasteiger partial charge >= 0.3 is 12.4 Å². The molecule has 0 aliphatic rings. The maximum absolute atomic E-state index is 12.4. The number of hydrogen-bond donors (Lipinski definition) is 0. The highest BCUT2D eigenvalue weighted by Gasteiger charge is 2.15. The summed E-state index contributed by atoms with van der Waals surface area (Å²) in [6.45, 7) is -2.40. The highest BCUT2D eigenvalue weighted by molar-refractivity contribution is 5.76. The minimum absolute atomic E-state index is 0.0378. The van der Waals surface area contributed by atoms with Gasteiger partial charge in [0.1, 0.15) is 5.75 Å². The molecule has 3 aromatic rings. The lowest BCUT2D eigenvalue weighted by atomic mass is 10.2. The van der Waals surface area contributed by atoms with Crippen molar-refractivity contribution in [1.29, 1.82) is 0 Å². The Labute approximate surface area is 174 Å². The minimum Gasteiger partial charge on any atom is -0.435 e. The zero-order chi connectivity index (χ0) is 22.5. The van der Waals surface area contributed by atoms with Crippen molar-refractivity contribution >= 4 is 22.7 Å². The van der Waals surface area contributed by atoms with Crippen molar-refractivity contribution in [2.75, 3.05) is 7.05 Å². The van der Waals surface area contributed by atoms with Crippen molar-refractivity contribution in [1.82, 2.24) is 9.47 Å². The molecule has 1 amide bonds. The number of fused-ring (bicyclic) bond motifs is 1. The quantitative estimate of drug-likeness (QED) is 0.376. The fourth-order valence-electron chi connectivity index (χ4n) is 3.10. The molecule has 0 aliphatic carbocycles. The van der Waals surface area contributed by atoms with E-state index in [0.717, 1.165) is 5.56 Å². The summed E-state index contributed by atoms with van der Waals surface area (Å²) >= 11 is 0. The number of halogens is 2. The Kier molecular flexibility index (Phi) is 6.63. The average Bonchev–Trinajstić information content (AvgIpc) is 3.03. The van der Waals surface area contributed by atoms with Gasteiger partial charge in [0.25, 0.3) is 5.69 Å². The molecule has 11 heteroatoms. The average molecular weight is 435 g/mol. The largest absolute Gasteiger partial charge is 0.435 e. The van der Waals surface area contributed by atoms with Gasteiger partial charge in [-0.3, -0.25) is 19.5 Å². The van der Waals surface area contributed by atoms with Gasteiger partial charge in [-0.25, -0.2) is 4.79 Å². The number of carbonyl (C=O) groups excluding carboxylic acids is 1. The second kappa shape index (κ2) is 9.37. The predicted molar refractivity (Wildman–Crippen MR) is 106 cm³/mol. The van der Waals surface area contributed by atoms with Crippen LogP contribution in [0.3, 0.4) is 0 Å². The summed E-state index contributed by atoms with van der Waals surface area (Å²) in [5.74, 6) is -0.775. The molecule has 31 heavy (non-hydrogen) atoms. The Morgan fingerprint density at radius 1 is 1.26 bits per heavy atom. The number of oxazole rings is 1. The second-order valence-corrected chi connectivity index (χ2v) is 6.80. The number of ether oxygens (including phenoxy) is 1. The summed E-state index contributed by atoms with van der Waals surface area (Å²) in [7, 11) is 1.62. The maximum atomic E-state index is 12.4. The van der Waals surface area contributed by atoms with Gasteiger partial charge in [-0.2, -0.15) is 8.78 Å². The van der Waals surface area contributed by atoms with Crippen LogP contribution < -0.4 is 10.5 Å². The van der Waals surface area contributed by atoms with Gasteiger partial charge in [-0.15, -0.1) is 0 Å². The highest BCUT2D eigenvalue weighted by atomic mass is 19.3. The normalized spacial score (nSPS) is 11.1. The number of nitro groups is 1. The van der Waals surface area contributed by atoms with Gasteiger partial charge in [-0.1, -0.05) is 12.1 Å². The summed E-state index contributed by atoms with van der Waals surface area (Å²) in [6, 6.07) is 9.90. The van der Waals surface area contributed by atoms with Gasteiger partial charge in [0.15, 0.2) is 5.58 Å². The van der Waals surface area contributed by atoms with Gasteiger partial charge in [0.2, 0.25) is 5.91 Å². The minimum atomic E-state index is -2.90. The molecular formula is C20H19F2N3O6. The molecule has 0 fully saturated rings. The second-order valence-electron chi connectivity index (χ2n) is 6.80. The number of amides is 1. The molecule has 0 atom stereocenters. The summed E-state index contributed by atoms with van der Waals surface area (Å²) in [5, 5.41) is 10.8. The third-order valence-corrected chi connectivity index (χ3v) is 4.63. The van der Waals surface area contributed by atoms with Crippen molar-refractivity contribution in [2.45, 2.75) is 32.5 Å². The Morgan fingerprint density at radius 3 is 2.61 bits per heavy atom. The fourth-order valence-corrected chi connectivity index (χ4v) is 3.10. The van der Waals surface area contributed by atoms with Crippen LogP contribution in [-0.2, 0) is 17.9 Å². The predicted octanol–water partition coefficient (Wildman–Crippen LogP) is 3.54. The lowest BCUT2D eigenvalue weighted by molar-refractivity contribution is -0.384. The lowest BCUT2D eigenvalue weighted by Gasteiger charge is -2.17. The van der Waals surface area contributed by atoms with Crippen LogP contribution in [0.25, 0.3) is 11.1 Å². The van der Waals surface area contributed by atoms with E-state index in [-0.39, 0.29) is 42.4 Å². The van der Waals surface area contributed by atoms with E-state index in [2.05, 4.69) is 4.74 Å². The van der Waals surface area contributed by atoms with Gasteiger partial charge in [0, 0.05) is 32.6 Å². The molecule has 0 spiro atoms. The van der Waals surface area contributed by atoms with Crippen LogP contribution in [0.4, 0.5) is 14.5 Å². The Bertz CT molecular complexity index is 1140. The van der Waals surface area contributed by atoms with Crippen LogP contribution in [0.15, 0.2) is 51.7 Å². The molecule has 0 radical (unpaired) electrons. The Balaban J connectivity index is 1.55. The van der Waals surface area contributed by atoms with Crippen molar-refractivity contribution in [3.8, 4) is 5.75 Å². The van der Waals surface area contributed by atoms with Crippen LogP contribution >= 0.6 is 0 Å². The number of alkyl halides is 2. The molecule has 9 nitrogen and oxygen atoms in total. The molecule has 0 bridgehead atoms. The number of nitro benzene ring substituents is 1. The van der Waals surface area contributed by atoms with E-state index in [1.54, 1.807) is 19.2 Å². The molecule has 164 valence electrons. The van der Waals surface area contributed by atoms with Crippen LogP contribution in [0.5, 0.6) is 5.75 Å². The van der Waals surface area contributed by atoms with E-state index < -0.39 is 17.3 Å². The highest BCUT2D eigenvalue weighted by Crippen LogP contribution is 2.20. The molecule has 1 aromatic heterocycles. The van der Waals surface area contributed by atoms with Crippen LogP contribution in [0.2, 0.25) is 0 Å². The van der Waals surface area contributed by atoms with Crippen molar-refractivity contribution < 1.29 is 27.7 Å². The number of aryl methyl sites for hydroxylation is 1. The number of hydrogen-bond acceptors (Lipinski definition) is 6. The number of rotatable bonds is 9. The van der Waals surface area contributed by atoms with E-state index in [4.69, 9.17) is 4.42 Å². The number of nitrogens with zero attached hydrogens (tertiary/aromatic N) is 3. The third kappa shape index (κ3) is 5.44. The first-order valence-corrected chi connectivity index (χ1v) is 9.30. The van der Waals surface area contributed by atoms with E-state index in [1.807, 2.05) is 0 Å². The third-order valence-electron chi connectivity index (χ3n) is 4.63. The molecule has 3 rings (SSSR count). The van der Waals surface area contributed by atoms with Crippen molar-refractivity contribution in [3.63, 3.8) is 0 Å². The molecule has 0 saturated heterocycles. The first-order valence-electron chi connectivity index (χ1n) is 9.30. The van der Waals surface area contributed by atoms with Crippen LogP contribution in [0.1, 0.15) is 18.4 Å². The number of non-ortho nitro benzene ring substituents is 1. The molecule has 1 heterocycles. The topological polar surface area (TPSA) is 108 Å². The molecule has 0 saturated carbocycles. The van der Waals surface area contributed by atoms with E-state index in [9.17, 15) is 28.5 Å². The lowest BCUT2D eigenvalue weighted by Crippen LogP contribution is -2.26.